The van der Waals surface area contributed by atoms with Gasteiger partial charge in [0.1, 0.15) is 6.26 Å². The Kier molecular flexibility index (Phi) is 7.26. The number of carbonyl (C=O) groups excluding carboxylic acids is 2. The Labute approximate surface area is 162 Å². The van der Waals surface area contributed by atoms with Gasteiger partial charge in [-0.2, -0.15) is 4.31 Å². The molecule has 0 spiro atoms. The fourth-order valence-electron chi connectivity index (χ4n) is 2.27. The van der Waals surface area contributed by atoms with E-state index in [1.165, 1.54) is 45.4 Å². The van der Waals surface area contributed by atoms with Crippen molar-refractivity contribution in [2.45, 2.75) is 18.4 Å². The van der Waals surface area contributed by atoms with E-state index in [-0.39, 0.29) is 42.1 Å². The minimum absolute atomic E-state index is 0.0254. The lowest BCUT2D eigenvalue weighted by atomic mass is 10.3. The first-order valence-electron chi connectivity index (χ1n) is 8.17. The van der Waals surface area contributed by atoms with Crippen LogP contribution in [0.1, 0.15) is 23.3 Å². The van der Waals surface area contributed by atoms with E-state index in [4.69, 9.17) is 9.15 Å². The zero-order valence-corrected chi connectivity index (χ0v) is 16.5. The number of amides is 1. The van der Waals surface area contributed by atoms with E-state index < -0.39 is 16.0 Å². The minimum Gasteiger partial charge on any atom is -0.464 e. The highest BCUT2D eigenvalue weighted by molar-refractivity contribution is 7.89. The number of carbonyl (C=O) groups is 2. The summed E-state index contributed by atoms with van der Waals surface area (Å²) in [5.74, 6) is -0.910. The van der Waals surface area contributed by atoms with Crippen molar-refractivity contribution in [1.82, 2.24) is 9.29 Å². The van der Waals surface area contributed by atoms with Crippen molar-refractivity contribution in [3.63, 3.8) is 0 Å². The molecule has 0 fully saturated rings. The van der Waals surface area contributed by atoms with Crippen molar-refractivity contribution in [1.29, 1.82) is 0 Å². The van der Waals surface area contributed by atoms with E-state index in [0.717, 1.165) is 10.6 Å². The summed E-state index contributed by atoms with van der Waals surface area (Å²) in [6.07, 6.45) is 1.10. The van der Waals surface area contributed by atoms with Gasteiger partial charge in [-0.1, -0.05) is 0 Å². The van der Waals surface area contributed by atoms with Gasteiger partial charge in [-0.05, 0) is 24.3 Å². The first-order chi connectivity index (χ1) is 13.3. The number of oxazole rings is 1. The molecule has 1 heterocycles. The van der Waals surface area contributed by atoms with Gasteiger partial charge >= 0.3 is 5.97 Å². The van der Waals surface area contributed by atoms with E-state index in [1.54, 1.807) is 0 Å². The van der Waals surface area contributed by atoms with Gasteiger partial charge in [0.15, 0.2) is 5.69 Å². The standard InChI is InChI=1S/C17H21N3O7S/c1-12(21)18-13-4-6-14(7-5-13)28(23,24)20(8-9-25-2)10-16-19-15(11-27-16)17(22)26-3/h4-7,11H,8-10H2,1-3H3,(H,18,21). The number of aromatic nitrogens is 1. The average Bonchev–Trinajstić information content (AvgIpc) is 3.13. The maximum Gasteiger partial charge on any atom is 0.360 e. The number of nitrogens with zero attached hydrogens (tertiary/aromatic N) is 2. The number of sulfonamides is 1. The highest BCUT2D eigenvalue weighted by Gasteiger charge is 2.26. The summed E-state index contributed by atoms with van der Waals surface area (Å²) in [5.41, 5.74) is 0.423. The molecule has 0 aliphatic carbocycles. The highest BCUT2D eigenvalue weighted by Crippen LogP contribution is 2.20. The minimum atomic E-state index is -3.91. The number of hydrogen-bond acceptors (Lipinski definition) is 8. The van der Waals surface area contributed by atoms with Crippen LogP contribution in [-0.4, -0.2) is 57.0 Å². The number of ether oxygens (including phenoxy) is 2. The van der Waals surface area contributed by atoms with Gasteiger partial charge in [0.25, 0.3) is 0 Å². The normalized spacial score (nSPS) is 11.4. The smallest absolute Gasteiger partial charge is 0.360 e. The Hall–Kier alpha value is -2.76. The largest absolute Gasteiger partial charge is 0.464 e. The Morgan fingerprint density at radius 1 is 1.21 bits per heavy atom. The van der Waals surface area contributed by atoms with Gasteiger partial charge < -0.3 is 19.2 Å². The van der Waals surface area contributed by atoms with Gasteiger partial charge in [-0.15, -0.1) is 0 Å². The number of anilines is 1. The lowest BCUT2D eigenvalue weighted by Gasteiger charge is -2.20. The molecule has 0 aliphatic heterocycles. The molecular formula is C17H21N3O7S. The van der Waals surface area contributed by atoms with Crippen LogP contribution in [0.3, 0.4) is 0 Å². The lowest BCUT2D eigenvalue weighted by molar-refractivity contribution is -0.114. The molecule has 28 heavy (non-hydrogen) atoms. The van der Waals surface area contributed by atoms with Crippen LogP contribution in [0.25, 0.3) is 0 Å². The number of esters is 1. The Morgan fingerprint density at radius 2 is 1.89 bits per heavy atom. The SMILES string of the molecule is COCCN(Cc1nc(C(=O)OC)co1)S(=O)(=O)c1ccc(NC(C)=O)cc1. The Balaban J connectivity index is 2.25. The quantitative estimate of drug-likeness (QED) is 0.611. The molecule has 11 heteroatoms. The first-order valence-corrected chi connectivity index (χ1v) is 9.61. The molecule has 1 aromatic heterocycles. The van der Waals surface area contributed by atoms with Gasteiger partial charge in [0.2, 0.25) is 21.8 Å². The summed E-state index contributed by atoms with van der Waals surface area (Å²) in [6, 6.07) is 5.75. The summed E-state index contributed by atoms with van der Waals surface area (Å²) >= 11 is 0. The Bertz CT molecular complexity index is 922. The molecule has 152 valence electrons. The van der Waals surface area contributed by atoms with Crippen LogP contribution in [0.15, 0.2) is 39.8 Å². The van der Waals surface area contributed by atoms with E-state index in [9.17, 15) is 18.0 Å². The van der Waals surface area contributed by atoms with Gasteiger partial charge in [-0.25, -0.2) is 18.2 Å². The number of rotatable bonds is 9. The summed E-state index contributed by atoms with van der Waals surface area (Å²) in [5, 5.41) is 2.57. The molecule has 2 rings (SSSR count). The van der Waals surface area contributed by atoms with Crippen molar-refractivity contribution in [2.75, 3.05) is 32.7 Å². The van der Waals surface area contributed by atoms with E-state index >= 15 is 0 Å². The predicted octanol–water partition coefficient (Wildman–Crippen LogP) is 1.26. The molecule has 1 amide bonds. The molecule has 2 aromatic rings. The van der Waals surface area contributed by atoms with Crippen molar-refractivity contribution >= 4 is 27.6 Å². The molecule has 1 N–H and O–H groups in total. The monoisotopic (exact) mass is 411 g/mol. The molecular weight excluding hydrogens is 390 g/mol. The van der Waals surface area contributed by atoms with Crippen LogP contribution in [0.2, 0.25) is 0 Å². The predicted molar refractivity (Wildman–Crippen MR) is 98.1 cm³/mol. The third-order valence-electron chi connectivity index (χ3n) is 3.62. The van der Waals surface area contributed by atoms with Gasteiger partial charge in [0, 0.05) is 26.3 Å². The molecule has 10 nitrogen and oxygen atoms in total. The van der Waals surface area contributed by atoms with Crippen molar-refractivity contribution < 1.29 is 31.9 Å². The molecule has 0 saturated carbocycles. The second-order valence-corrected chi connectivity index (χ2v) is 7.59. The van der Waals surface area contributed by atoms with Gasteiger partial charge in [-0.3, -0.25) is 4.79 Å². The topological polar surface area (TPSA) is 128 Å². The third-order valence-corrected chi connectivity index (χ3v) is 5.47. The fourth-order valence-corrected chi connectivity index (χ4v) is 3.65. The first kappa shape index (κ1) is 21.5. The Morgan fingerprint density at radius 3 is 2.46 bits per heavy atom. The molecule has 0 saturated heterocycles. The van der Waals surface area contributed by atoms with Crippen LogP contribution >= 0.6 is 0 Å². The van der Waals surface area contributed by atoms with E-state index in [2.05, 4.69) is 15.0 Å². The molecule has 0 radical (unpaired) electrons. The average molecular weight is 411 g/mol. The molecule has 0 atom stereocenters. The summed E-state index contributed by atoms with van der Waals surface area (Å²) < 4.78 is 41.8. The van der Waals surface area contributed by atoms with Crippen molar-refractivity contribution in [3.05, 3.63) is 42.1 Å². The maximum atomic E-state index is 13.0. The summed E-state index contributed by atoms with van der Waals surface area (Å²) in [7, 11) is -1.25. The molecule has 0 bridgehead atoms. The number of methoxy groups -OCH3 is 2. The third kappa shape index (κ3) is 5.38. The van der Waals surface area contributed by atoms with Crippen LogP contribution in [0, 0.1) is 0 Å². The van der Waals surface area contributed by atoms with Crippen LogP contribution in [0.4, 0.5) is 5.69 Å². The van der Waals surface area contributed by atoms with Crippen molar-refractivity contribution in [2.24, 2.45) is 0 Å². The maximum absolute atomic E-state index is 13.0. The summed E-state index contributed by atoms with van der Waals surface area (Å²) in [4.78, 5) is 26.6. The number of nitrogens with one attached hydrogen (secondary N) is 1. The van der Waals surface area contributed by atoms with E-state index in [0.29, 0.717) is 5.69 Å². The molecule has 1 aromatic carbocycles. The zero-order chi connectivity index (χ0) is 20.7. The summed E-state index contributed by atoms with van der Waals surface area (Å²) in [6.45, 7) is 1.35. The zero-order valence-electron chi connectivity index (χ0n) is 15.7. The highest BCUT2D eigenvalue weighted by atomic mass is 32.2. The van der Waals surface area contributed by atoms with E-state index in [1.807, 2.05) is 0 Å². The van der Waals surface area contributed by atoms with Crippen LogP contribution in [-0.2, 0) is 30.8 Å². The molecule has 0 unspecified atom stereocenters. The van der Waals surface area contributed by atoms with Crippen LogP contribution in [0.5, 0.6) is 0 Å². The van der Waals surface area contributed by atoms with Crippen molar-refractivity contribution in [3.8, 4) is 0 Å². The second kappa shape index (κ2) is 9.44. The number of benzene rings is 1. The lowest BCUT2D eigenvalue weighted by Crippen LogP contribution is -2.33. The van der Waals surface area contributed by atoms with Gasteiger partial charge in [0.05, 0.1) is 25.2 Å². The second-order valence-electron chi connectivity index (χ2n) is 5.66. The number of hydrogen-bond donors (Lipinski definition) is 1. The van der Waals surface area contributed by atoms with Crippen LogP contribution < -0.4 is 5.32 Å². The fraction of sp³-hybridized carbons (Fsp3) is 0.353. The molecule has 0 aliphatic rings.